The van der Waals surface area contributed by atoms with E-state index < -0.39 is 6.10 Å². The number of β-amino-alcohol motifs (C(OH)–C–C–N with tert-alkyl or cyclic N) is 1. The van der Waals surface area contributed by atoms with Crippen LogP contribution >= 0.6 is 0 Å². The molecule has 0 radical (unpaired) electrons. The van der Waals surface area contributed by atoms with Crippen molar-refractivity contribution in [2.75, 3.05) is 39.4 Å². The van der Waals surface area contributed by atoms with Gasteiger partial charge in [0.1, 0.15) is 11.5 Å². The lowest BCUT2D eigenvalue weighted by molar-refractivity contribution is 0.0149. The number of halogens is 1. The fourth-order valence-corrected chi connectivity index (χ4v) is 2.95. The van der Waals surface area contributed by atoms with E-state index in [1.807, 2.05) is 0 Å². The number of aromatic nitrogens is 1. The number of H-pyrrole nitrogens is 1. The minimum atomic E-state index is -0.643. The number of carbonyl (C=O) groups is 1. The summed E-state index contributed by atoms with van der Waals surface area (Å²) in [5, 5.41) is 13.6. The molecular formula is C17H22FN3O3. The lowest BCUT2D eigenvalue weighted by Crippen LogP contribution is -2.44. The summed E-state index contributed by atoms with van der Waals surface area (Å²) in [6.45, 7) is 5.39. The van der Waals surface area contributed by atoms with Crippen LogP contribution in [0.15, 0.2) is 18.2 Å². The Morgan fingerprint density at radius 1 is 1.42 bits per heavy atom. The molecule has 6 nitrogen and oxygen atoms in total. The second-order valence-electron chi connectivity index (χ2n) is 6.14. The average Bonchev–Trinajstić information content (AvgIpc) is 2.98. The lowest BCUT2D eigenvalue weighted by atomic mass is 10.1. The first kappa shape index (κ1) is 16.9. The van der Waals surface area contributed by atoms with E-state index in [2.05, 4.69) is 15.2 Å². The van der Waals surface area contributed by atoms with Gasteiger partial charge in [0, 0.05) is 37.1 Å². The van der Waals surface area contributed by atoms with Gasteiger partial charge in [0.05, 0.1) is 19.3 Å². The van der Waals surface area contributed by atoms with E-state index in [-0.39, 0.29) is 18.3 Å². The third-order valence-electron chi connectivity index (χ3n) is 4.23. The van der Waals surface area contributed by atoms with Crippen LogP contribution in [0.1, 0.15) is 16.1 Å². The van der Waals surface area contributed by atoms with Crippen molar-refractivity contribution in [3.63, 3.8) is 0 Å². The number of ether oxygens (including phenoxy) is 1. The molecular weight excluding hydrogens is 313 g/mol. The molecule has 2 heterocycles. The van der Waals surface area contributed by atoms with Crippen molar-refractivity contribution in [3.8, 4) is 0 Å². The summed E-state index contributed by atoms with van der Waals surface area (Å²) < 4.78 is 18.7. The number of hydrogen-bond donors (Lipinski definition) is 3. The van der Waals surface area contributed by atoms with Crippen LogP contribution in [-0.2, 0) is 4.74 Å². The van der Waals surface area contributed by atoms with Crippen LogP contribution in [0.25, 0.3) is 10.9 Å². The molecule has 130 valence electrons. The van der Waals surface area contributed by atoms with Gasteiger partial charge in [0.25, 0.3) is 5.91 Å². The largest absolute Gasteiger partial charge is 0.390 e. The maximum atomic E-state index is 13.4. The Balaban J connectivity index is 1.57. The number of benzene rings is 1. The van der Waals surface area contributed by atoms with Crippen LogP contribution in [-0.4, -0.2) is 66.4 Å². The second kappa shape index (κ2) is 7.29. The minimum absolute atomic E-state index is 0.166. The highest BCUT2D eigenvalue weighted by molar-refractivity contribution is 5.98. The van der Waals surface area contributed by atoms with Crippen molar-refractivity contribution in [2.45, 2.75) is 13.0 Å². The zero-order chi connectivity index (χ0) is 17.1. The van der Waals surface area contributed by atoms with E-state index in [9.17, 15) is 14.3 Å². The number of aliphatic hydroxyl groups is 1. The predicted octanol–water partition coefficient (Wildman–Crippen LogP) is 1.04. The first-order chi connectivity index (χ1) is 11.5. The highest BCUT2D eigenvalue weighted by atomic mass is 19.1. The molecule has 0 unspecified atom stereocenters. The summed E-state index contributed by atoms with van der Waals surface area (Å²) in [5.41, 5.74) is 1.72. The third kappa shape index (κ3) is 3.92. The minimum Gasteiger partial charge on any atom is -0.390 e. The summed E-state index contributed by atoms with van der Waals surface area (Å²) in [7, 11) is 0. The first-order valence-corrected chi connectivity index (χ1v) is 8.08. The van der Waals surface area contributed by atoms with Crippen molar-refractivity contribution in [1.29, 1.82) is 0 Å². The van der Waals surface area contributed by atoms with Crippen LogP contribution in [0.2, 0.25) is 0 Å². The zero-order valence-corrected chi connectivity index (χ0v) is 13.6. The smallest absolute Gasteiger partial charge is 0.267 e. The Bertz CT molecular complexity index is 725. The molecule has 0 saturated carbocycles. The molecule has 3 N–H and O–H groups in total. The summed E-state index contributed by atoms with van der Waals surface area (Å²) >= 11 is 0. The molecule has 0 bridgehead atoms. The normalized spacial score (nSPS) is 17.1. The zero-order valence-electron chi connectivity index (χ0n) is 13.6. The molecule has 24 heavy (non-hydrogen) atoms. The standard InChI is InChI=1S/C17H22FN3O3/c1-11-6-12(18)7-15-14(11)8-16(20-15)17(23)19-9-13(22)10-21-2-4-24-5-3-21/h6-8,13,20,22H,2-5,9-10H2,1H3,(H,19,23)/t13-/m0/s1. The van der Waals surface area contributed by atoms with Crippen LogP contribution < -0.4 is 5.32 Å². The molecule has 2 aromatic rings. The molecule has 0 aliphatic carbocycles. The quantitative estimate of drug-likeness (QED) is 0.763. The van der Waals surface area contributed by atoms with Gasteiger partial charge >= 0.3 is 0 Å². The van der Waals surface area contributed by atoms with Crippen molar-refractivity contribution in [3.05, 3.63) is 35.3 Å². The van der Waals surface area contributed by atoms with Crippen molar-refractivity contribution < 1.29 is 19.0 Å². The average molecular weight is 335 g/mol. The SMILES string of the molecule is Cc1cc(F)cc2[nH]c(C(=O)NC[C@H](O)CN3CCOCC3)cc12. The molecule has 1 aromatic heterocycles. The summed E-state index contributed by atoms with van der Waals surface area (Å²) in [5.74, 6) is -0.651. The molecule has 3 rings (SSSR count). The summed E-state index contributed by atoms with van der Waals surface area (Å²) in [6.07, 6.45) is -0.643. The Kier molecular flexibility index (Phi) is 5.13. The first-order valence-electron chi connectivity index (χ1n) is 8.08. The number of rotatable bonds is 5. The van der Waals surface area contributed by atoms with E-state index in [0.717, 1.165) is 24.0 Å². The molecule has 1 aliphatic rings. The number of fused-ring (bicyclic) bond motifs is 1. The predicted molar refractivity (Wildman–Crippen MR) is 88.6 cm³/mol. The molecule has 1 atom stereocenters. The Labute approximate surface area is 139 Å². The topological polar surface area (TPSA) is 77.6 Å². The van der Waals surface area contributed by atoms with Gasteiger partial charge in [-0.1, -0.05) is 0 Å². The van der Waals surface area contributed by atoms with Gasteiger partial charge in [0.2, 0.25) is 0 Å². The van der Waals surface area contributed by atoms with E-state index in [1.54, 1.807) is 13.0 Å². The highest BCUT2D eigenvalue weighted by Crippen LogP contribution is 2.21. The number of amides is 1. The van der Waals surface area contributed by atoms with E-state index in [4.69, 9.17) is 4.74 Å². The second-order valence-corrected chi connectivity index (χ2v) is 6.14. The van der Waals surface area contributed by atoms with Gasteiger partial charge in [-0.05, 0) is 30.7 Å². The maximum absolute atomic E-state index is 13.4. The van der Waals surface area contributed by atoms with E-state index in [0.29, 0.717) is 31.0 Å². The molecule has 1 amide bonds. The van der Waals surface area contributed by atoms with Gasteiger partial charge in [-0.2, -0.15) is 0 Å². The Hall–Kier alpha value is -1.96. The van der Waals surface area contributed by atoms with Crippen LogP contribution in [0, 0.1) is 12.7 Å². The van der Waals surface area contributed by atoms with Crippen LogP contribution in [0.4, 0.5) is 4.39 Å². The summed E-state index contributed by atoms with van der Waals surface area (Å²) in [6, 6.07) is 4.50. The number of aromatic amines is 1. The van der Waals surface area contributed by atoms with Gasteiger partial charge in [-0.3, -0.25) is 9.69 Å². The van der Waals surface area contributed by atoms with Crippen molar-refractivity contribution in [1.82, 2.24) is 15.2 Å². The monoisotopic (exact) mass is 335 g/mol. The number of aryl methyl sites for hydroxylation is 1. The summed E-state index contributed by atoms with van der Waals surface area (Å²) in [4.78, 5) is 17.3. The van der Waals surface area contributed by atoms with Gasteiger partial charge < -0.3 is 20.1 Å². The number of nitrogens with zero attached hydrogens (tertiary/aromatic N) is 1. The molecule has 7 heteroatoms. The number of hydrogen-bond acceptors (Lipinski definition) is 4. The van der Waals surface area contributed by atoms with E-state index in [1.165, 1.54) is 12.1 Å². The number of nitrogens with one attached hydrogen (secondary N) is 2. The van der Waals surface area contributed by atoms with Crippen LogP contribution in [0.3, 0.4) is 0 Å². The maximum Gasteiger partial charge on any atom is 0.267 e. The molecule has 1 fully saturated rings. The molecule has 1 aromatic carbocycles. The van der Waals surface area contributed by atoms with Crippen molar-refractivity contribution >= 4 is 16.8 Å². The number of carbonyl (C=O) groups excluding carboxylic acids is 1. The fraction of sp³-hybridized carbons (Fsp3) is 0.471. The van der Waals surface area contributed by atoms with Gasteiger partial charge in [-0.25, -0.2) is 4.39 Å². The molecule has 1 saturated heterocycles. The Morgan fingerprint density at radius 3 is 2.92 bits per heavy atom. The van der Waals surface area contributed by atoms with Crippen molar-refractivity contribution in [2.24, 2.45) is 0 Å². The highest BCUT2D eigenvalue weighted by Gasteiger charge is 2.17. The number of aliphatic hydroxyl groups excluding tert-OH is 1. The van der Waals surface area contributed by atoms with Gasteiger partial charge in [0.15, 0.2) is 0 Å². The van der Waals surface area contributed by atoms with Gasteiger partial charge in [-0.15, -0.1) is 0 Å². The lowest BCUT2D eigenvalue weighted by Gasteiger charge is -2.28. The Morgan fingerprint density at radius 2 is 2.17 bits per heavy atom. The molecule has 0 spiro atoms. The van der Waals surface area contributed by atoms with E-state index >= 15 is 0 Å². The fourth-order valence-electron chi connectivity index (χ4n) is 2.95. The third-order valence-corrected chi connectivity index (χ3v) is 4.23. The molecule has 1 aliphatic heterocycles. The van der Waals surface area contributed by atoms with Crippen LogP contribution in [0.5, 0.6) is 0 Å². The number of morpholine rings is 1.